The van der Waals surface area contributed by atoms with Crippen LogP contribution in [0.3, 0.4) is 0 Å². The molecule has 1 N–H and O–H groups in total. The van der Waals surface area contributed by atoms with Crippen molar-refractivity contribution in [3.63, 3.8) is 0 Å². The van der Waals surface area contributed by atoms with Crippen LogP contribution in [0.1, 0.15) is 25.0 Å². The van der Waals surface area contributed by atoms with Crippen LogP contribution >= 0.6 is 0 Å². The van der Waals surface area contributed by atoms with Crippen LogP contribution in [0.2, 0.25) is 0 Å². The SMILES string of the molecule is CC1(C)CN(Cc2cc(F)cc(C#N)c2)CC(CO)O1. The van der Waals surface area contributed by atoms with Gasteiger partial charge in [-0.25, -0.2) is 4.39 Å². The summed E-state index contributed by atoms with van der Waals surface area (Å²) in [6, 6.07) is 6.32. The summed E-state index contributed by atoms with van der Waals surface area (Å²) in [5.74, 6) is -0.398. The highest BCUT2D eigenvalue weighted by molar-refractivity contribution is 5.33. The number of morpholine rings is 1. The first kappa shape index (κ1) is 14.9. The Hall–Kier alpha value is -1.48. The van der Waals surface area contributed by atoms with E-state index in [1.165, 1.54) is 12.1 Å². The lowest BCUT2D eigenvalue weighted by molar-refractivity contribution is -0.150. The summed E-state index contributed by atoms with van der Waals surface area (Å²) < 4.78 is 19.2. The topological polar surface area (TPSA) is 56.5 Å². The van der Waals surface area contributed by atoms with Gasteiger partial charge in [-0.1, -0.05) is 0 Å². The molecule has 2 rings (SSSR count). The van der Waals surface area contributed by atoms with Crippen LogP contribution in [-0.4, -0.2) is 41.4 Å². The highest BCUT2D eigenvalue weighted by Crippen LogP contribution is 2.22. The fourth-order valence-corrected chi connectivity index (χ4v) is 2.70. The molecular formula is C15H19FN2O2. The molecule has 0 spiro atoms. The minimum Gasteiger partial charge on any atom is -0.394 e. The molecule has 0 amide bonds. The number of benzene rings is 1. The van der Waals surface area contributed by atoms with Crippen molar-refractivity contribution in [1.82, 2.24) is 4.90 Å². The molecule has 5 heteroatoms. The van der Waals surface area contributed by atoms with Crippen LogP contribution < -0.4 is 0 Å². The summed E-state index contributed by atoms with van der Waals surface area (Å²) in [5.41, 5.74) is 0.735. The minimum absolute atomic E-state index is 0.0352. The lowest BCUT2D eigenvalue weighted by atomic mass is 10.0. The van der Waals surface area contributed by atoms with Crippen molar-refractivity contribution in [2.75, 3.05) is 19.7 Å². The van der Waals surface area contributed by atoms with Crippen molar-refractivity contribution < 1.29 is 14.2 Å². The van der Waals surface area contributed by atoms with E-state index in [1.807, 2.05) is 19.9 Å². The quantitative estimate of drug-likeness (QED) is 0.913. The Labute approximate surface area is 118 Å². The molecular weight excluding hydrogens is 259 g/mol. The number of nitrogens with zero attached hydrogens (tertiary/aromatic N) is 2. The summed E-state index contributed by atoms with van der Waals surface area (Å²) in [4.78, 5) is 2.11. The van der Waals surface area contributed by atoms with Gasteiger partial charge in [0.15, 0.2) is 0 Å². The van der Waals surface area contributed by atoms with Crippen LogP contribution in [0.5, 0.6) is 0 Å². The van der Waals surface area contributed by atoms with E-state index in [0.717, 1.165) is 5.56 Å². The van der Waals surface area contributed by atoms with Crippen LogP contribution in [0.4, 0.5) is 4.39 Å². The molecule has 1 aliphatic rings. The summed E-state index contributed by atoms with van der Waals surface area (Å²) in [7, 11) is 0. The maximum atomic E-state index is 13.4. The molecule has 1 aromatic rings. The highest BCUT2D eigenvalue weighted by Gasteiger charge is 2.32. The Kier molecular flexibility index (Phi) is 4.39. The number of hydrogen-bond donors (Lipinski definition) is 1. The molecule has 20 heavy (non-hydrogen) atoms. The Morgan fingerprint density at radius 3 is 2.90 bits per heavy atom. The first-order valence-electron chi connectivity index (χ1n) is 6.62. The molecule has 0 bridgehead atoms. The predicted octanol–water partition coefficient (Wildman–Crippen LogP) is 1.67. The van der Waals surface area contributed by atoms with Crippen molar-refractivity contribution in [2.24, 2.45) is 0 Å². The molecule has 1 atom stereocenters. The zero-order chi connectivity index (χ0) is 14.8. The fourth-order valence-electron chi connectivity index (χ4n) is 2.70. The number of rotatable bonds is 3. The third-order valence-electron chi connectivity index (χ3n) is 3.25. The van der Waals surface area contributed by atoms with E-state index < -0.39 is 5.82 Å². The van der Waals surface area contributed by atoms with Gasteiger partial charge in [0.1, 0.15) is 5.82 Å². The van der Waals surface area contributed by atoms with Gasteiger partial charge in [0.25, 0.3) is 0 Å². The third kappa shape index (κ3) is 3.76. The van der Waals surface area contributed by atoms with Gasteiger partial charge in [-0.3, -0.25) is 4.90 Å². The number of nitriles is 1. The number of aliphatic hydroxyl groups is 1. The Morgan fingerprint density at radius 1 is 1.50 bits per heavy atom. The molecule has 108 valence electrons. The molecule has 4 nitrogen and oxygen atoms in total. The van der Waals surface area contributed by atoms with Gasteiger partial charge in [-0.15, -0.1) is 0 Å². The molecule has 0 saturated carbocycles. The molecule has 1 fully saturated rings. The number of aliphatic hydroxyl groups excluding tert-OH is 1. The van der Waals surface area contributed by atoms with Crippen molar-refractivity contribution in [3.05, 3.63) is 35.1 Å². The van der Waals surface area contributed by atoms with Gasteiger partial charge in [0, 0.05) is 19.6 Å². The second-order valence-electron chi connectivity index (χ2n) is 5.81. The van der Waals surface area contributed by atoms with Gasteiger partial charge in [-0.2, -0.15) is 5.26 Å². The van der Waals surface area contributed by atoms with Crippen LogP contribution in [0.25, 0.3) is 0 Å². The van der Waals surface area contributed by atoms with E-state index in [-0.39, 0.29) is 18.3 Å². The van der Waals surface area contributed by atoms with Crippen LogP contribution in [-0.2, 0) is 11.3 Å². The Balaban J connectivity index is 2.13. The van der Waals surface area contributed by atoms with E-state index in [0.29, 0.717) is 25.2 Å². The van der Waals surface area contributed by atoms with Crippen molar-refractivity contribution >= 4 is 0 Å². The smallest absolute Gasteiger partial charge is 0.124 e. The average Bonchev–Trinajstić information content (AvgIpc) is 2.35. The number of halogens is 1. The van der Waals surface area contributed by atoms with E-state index >= 15 is 0 Å². The molecule has 1 unspecified atom stereocenters. The lowest BCUT2D eigenvalue weighted by Gasteiger charge is -2.42. The average molecular weight is 278 g/mol. The summed E-state index contributed by atoms with van der Waals surface area (Å²) >= 11 is 0. The monoisotopic (exact) mass is 278 g/mol. The second kappa shape index (κ2) is 5.88. The second-order valence-corrected chi connectivity index (χ2v) is 5.81. The minimum atomic E-state index is -0.398. The van der Waals surface area contributed by atoms with Gasteiger partial charge >= 0.3 is 0 Å². The standard InChI is InChI=1S/C15H19FN2O2/c1-15(2)10-18(8-14(9-19)20-15)7-12-3-11(6-17)4-13(16)5-12/h3-5,14,19H,7-10H2,1-2H3. The van der Waals surface area contributed by atoms with Gasteiger partial charge in [-0.05, 0) is 37.6 Å². The first-order valence-corrected chi connectivity index (χ1v) is 6.62. The maximum absolute atomic E-state index is 13.4. The van der Waals surface area contributed by atoms with Crippen molar-refractivity contribution in [2.45, 2.75) is 32.1 Å². The highest BCUT2D eigenvalue weighted by atomic mass is 19.1. The third-order valence-corrected chi connectivity index (χ3v) is 3.25. The Morgan fingerprint density at radius 2 is 2.25 bits per heavy atom. The lowest BCUT2D eigenvalue weighted by Crippen LogP contribution is -2.53. The normalized spacial score (nSPS) is 22.4. The molecule has 1 heterocycles. The summed E-state index contributed by atoms with van der Waals surface area (Å²) in [6.45, 7) is 5.73. The maximum Gasteiger partial charge on any atom is 0.124 e. The van der Waals surface area contributed by atoms with Crippen LogP contribution in [0.15, 0.2) is 18.2 Å². The number of hydrogen-bond acceptors (Lipinski definition) is 4. The Bertz CT molecular complexity index is 525. The summed E-state index contributed by atoms with van der Waals surface area (Å²) in [5, 5.41) is 18.2. The first-order chi connectivity index (χ1) is 9.41. The van der Waals surface area contributed by atoms with E-state index in [2.05, 4.69) is 4.90 Å². The zero-order valence-electron chi connectivity index (χ0n) is 11.8. The number of ether oxygens (including phenoxy) is 1. The fraction of sp³-hybridized carbons (Fsp3) is 0.533. The van der Waals surface area contributed by atoms with Crippen LogP contribution in [0, 0.1) is 17.1 Å². The van der Waals surface area contributed by atoms with Gasteiger partial charge in [0.2, 0.25) is 0 Å². The van der Waals surface area contributed by atoms with E-state index in [4.69, 9.17) is 10.00 Å². The molecule has 1 aromatic carbocycles. The largest absolute Gasteiger partial charge is 0.394 e. The van der Waals surface area contributed by atoms with Crippen molar-refractivity contribution in [1.29, 1.82) is 5.26 Å². The molecule has 0 aromatic heterocycles. The molecule has 1 aliphatic heterocycles. The van der Waals surface area contributed by atoms with E-state index in [9.17, 15) is 9.50 Å². The van der Waals surface area contributed by atoms with Crippen molar-refractivity contribution in [3.8, 4) is 6.07 Å². The van der Waals surface area contributed by atoms with Gasteiger partial charge in [0.05, 0.1) is 29.9 Å². The molecule has 1 saturated heterocycles. The van der Waals surface area contributed by atoms with Gasteiger partial charge < -0.3 is 9.84 Å². The van der Waals surface area contributed by atoms with E-state index in [1.54, 1.807) is 6.07 Å². The molecule has 0 radical (unpaired) electrons. The summed E-state index contributed by atoms with van der Waals surface area (Å²) in [6.07, 6.45) is -0.234. The zero-order valence-corrected chi connectivity index (χ0v) is 11.8. The molecule has 0 aliphatic carbocycles. The predicted molar refractivity (Wildman–Crippen MR) is 72.4 cm³/mol.